The SMILES string of the molecule is O=C(CCCOc1ccc(Cl)cc1Cl)NC1CCCCC1. The number of benzene rings is 1. The first-order valence-electron chi connectivity index (χ1n) is 7.52. The fourth-order valence-electron chi connectivity index (χ4n) is 2.55. The van der Waals surface area contributed by atoms with Crippen molar-refractivity contribution in [3.8, 4) is 5.75 Å². The van der Waals surface area contributed by atoms with Crippen LogP contribution in [0.4, 0.5) is 0 Å². The predicted molar refractivity (Wildman–Crippen MR) is 86.2 cm³/mol. The fraction of sp³-hybridized carbons (Fsp3) is 0.562. The van der Waals surface area contributed by atoms with E-state index >= 15 is 0 Å². The van der Waals surface area contributed by atoms with Crippen LogP contribution < -0.4 is 10.1 Å². The number of carbonyl (C=O) groups is 1. The van der Waals surface area contributed by atoms with Gasteiger partial charge in [-0.05, 0) is 37.5 Å². The Bertz CT molecular complexity index is 473. The zero-order valence-corrected chi connectivity index (χ0v) is 13.6. The van der Waals surface area contributed by atoms with Crippen molar-refractivity contribution < 1.29 is 9.53 Å². The second kappa shape index (κ2) is 8.50. The van der Waals surface area contributed by atoms with Crippen molar-refractivity contribution in [3.05, 3.63) is 28.2 Å². The summed E-state index contributed by atoms with van der Waals surface area (Å²) >= 11 is 11.8. The van der Waals surface area contributed by atoms with Gasteiger partial charge in [0.25, 0.3) is 0 Å². The average Bonchev–Trinajstić information content (AvgIpc) is 2.46. The molecule has 1 aromatic rings. The van der Waals surface area contributed by atoms with Gasteiger partial charge < -0.3 is 10.1 Å². The molecule has 0 saturated heterocycles. The molecule has 2 rings (SSSR count). The molecular weight excluding hydrogens is 309 g/mol. The average molecular weight is 330 g/mol. The third kappa shape index (κ3) is 5.76. The van der Waals surface area contributed by atoms with Crippen molar-refractivity contribution in [1.82, 2.24) is 5.32 Å². The highest BCUT2D eigenvalue weighted by Gasteiger charge is 2.15. The molecule has 1 aromatic carbocycles. The number of halogens is 2. The van der Waals surface area contributed by atoms with E-state index in [2.05, 4.69) is 5.32 Å². The van der Waals surface area contributed by atoms with E-state index in [-0.39, 0.29) is 5.91 Å². The molecule has 1 saturated carbocycles. The van der Waals surface area contributed by atoms with E-state index in [0.717, 1.165) is 12.8 Å². The van der Waals surface area contributed by atoms with E-state index in [0.29, 0.717) is 41.3 Å². The third-order valence-corrected chi connectivity index (χ3v) is 4.20. The van der Waals surface area contributed by atoms with E-state index in [4.69, 9.17) is 27.9 Å². The zero-order chi connectivity index (χ0) is 15.1. The van der Waals surface area contributed by atoms with Crippen LogP contribution in [0, 0.1) is 0 Å². The van der Waals surface area contributed by atoms with Crippen LogP contribution in [0.1, 0.15) is 44.9 Å². The molecule has 0 atom stereocenters. The number of nitrogens with one attached hydrogen (secondary N) is 1. The lowest BCUT2D eigenvalue weighted by Gasteiger charge is -2.22. The smallest absolute Gasteiger partial charge is 0.220 e. The number of amides is 1. The molecule has 0 aromatic heterocycles. The van der Waals surface area contributed by atoms with Gasteiger partial charge in [-0.1, -0.05) is 42.5 Å². The zero-order valence-electron chi connectivity index (χ0n) is 12.0. The van der Waals surface area contributed by atoms with Gasteiger partial charge in [0.1, 0.15) is 5.75 Å². The van der Waals surface area contributed by atoms with Gasteiger partial charge in [-0.2, -0.15) is 0 Å². The normalized spacial score (nSPS) is 15.7. The lowest BCUT2D eigenvalue weighted by Crippen LogP contribution is -2.36. The van der Waals surface area contributed by atoms with Gasteiger partial charge in [0, 0.05) is 17.5 Å². The minimum absolute atomic E-state index is 0.118. The van der Waals surface area contributed by atoms with Crippen molar-refractivity contribution in [3.63, 3.8) is 0 Å². The molecule has 1 amide bonds. The second-order valence-electron chi connectivity index (χ2n) is 5.43. The first-order valence-corrected chi connectivity index (χ1v) is 8.28. The van der Waals surface area contributed by atoms with Gasteiger partial charge in [-0.3, -0.25) is 4.79 Å². The van der Waals surface area contributed by atoms with Crippen molar-refractivity contribution in [1.29, 1.82) is 0 Å². The van der Waals surface area contributed by atoms with Crippen molar-refractivity contribution in [2.45, 2.75) is 51.0 Å². The molecule has 0 radical (unpaired) electrons. The summed E-state index contributed by atoms with van der Waals surface area (Å²) in [7, 11) is 0. The molecule has 0 heterocycles. The standard InChI is InChI=1S/C16H21Cl2NO2/c17-12-8-9-15(14(18)11-12)21-10-4-7-16(20)19-13-5-2-1-3-6-13/h8-9,11,13H,1-7,10H2,(H,19,20). The number of rotatable bonds is 6. The monoisotopic (exact) mass is 329 g/mol. The lowest BCUT2D eigenvalue weighted by atomic mass is 9.95. The molecule has 5 heteroatoms. The van der Waals surface area contributed by atoms with Gasteiger partial charge in [0.15, 0.2) is 0 Å². The fourth-order valence-corrected chi connectivity index (χ4v) is 3.02. The number of hydrogen-bond acceptors (Lipinski definition) is 2. The minimum atomic E-state index is 0.118. The maximum absolute atomic E-state index is 11.8. The Hall–Kier alpha value is -0.930. The number of hydrogen-bond donors (Lipinski definition) is 1. The molecule has 1 aliphatic carbocycles. The van der Waals surface area contributed by atoms with E-state index in [1.165, 1.54) is 19.3 Å². The van der Waals surface area contributed by atoms with Crippen LogP contribution in [0.25, 0.3) is 0 Å². The van der Waals surface area contributed by atoms with E-state index in [1.807, 2.05) is 0 Å². The number of carbonyl (C=O) groups excluding carboxylic acids is 1. The second-order valence-corrected chi connectivity index (χ2v) is 6.27. The Labute approximate surface area is 136 Å². The largest absolute Gasteiger partial charge is 0.492 e. The summed E-state index contributed by atoms with van der Waals surface area (Å²) in [4.78, 5) is 11.8. The Morgan fingerprint density at radius 2 is 2.00 bits per heavy atom. The predicted octanol–water partition coefficient (Wildman–Crippen LogP) is 4.60. The summed E-state index contributed by atoms with van der Waals surface area (Å²) in [6.45, 7) is 0.472. The molecule has 21 heavy (non-hydrogen) atoms. The molecular formula is C16H21Cl2NO2. The van der Waals surface area contributed by atoms with E-state index < -0.39 is 0 Å². The third-order valence-electron chi connectivity index (χ3n) is 3.67. The highest BCUT2D eigenvalue weighted by molar-refractivity contribution is 6.35. The van der Waals surface area contributed by atoms with Gasteiger partial charge in [0.2, 0.25) is 5.91 Å². The maximum Gasteiger partial charge on any atom is 0.220 e. The summed E-state index contributed by atoms with van der Waals surface area (Å²) in [6.07, 6.45) is 7.14. The van der Waals surface area contributed by atoms with Gasteiger partial charge in [-0.25, -0.2) is 0 Å². The van der Waals surface area contributed by atoms with Crippen molar-refractivity contribution >= 4 is 29.1 Å². The summed E-state index contributed by atoms with van der Waals surface area (Å²) in [5.41, 5.74) is 0. The molecule has 1 N–H and O–H groups in total. The molecule has 3 nitrogen and oxygen atoms in total. The van der Waals surface area contributed by atoms with Crippen LogP contribution in [0.5, 0.6) is 5.75 Å². The first-order chi connectivity index (χ1) is 10.1. The highest BCUT2D eigenvalue weighted by Crippen LogP contribution is 2.27. The Balaban J connectivity index is 1.63. The first kappa shape index (κ1) is 16.4. The summed E-state index contributed by atoms with van der Waals surface area (Å²) in [6, 6.07) is 5.50. The molecule has 1 aliphatic rings. The van der Waals surface area contributed by atoms with Crippen LogP contribution in [0.15, 0.2) is 18.2 Å². The van der Waals surface area contributed by atoms with Gasteiger partial charge >= 0.3 is 0 Å². The van der Waals surface area contributed by atoms with Gasteiger partial charge in [0.05, 0.1) is 11.6 Å². The van der Waals surface area contributed by atoms with Crippen LogP contribution >= 0.6 is 23.2 Å². The molecule has 0 aliphatic heterocycles. The van der Waals surface area contributed by atoms with E-state index in [1.54, 1.807) is 18.2 Å². The lowest BCUT2D eigenvalue weighted by molar-refractivity contribution is -0.122. The molecule has 0 spiro atoms. The molecule has 116 valence electrons. The summed E-state index contributed by atoms with van der Waals surface area (Å²) in [5, 5.41) is 4.18. The quantitative estimate of drug-likeness (QED) is 0.774. The maximum atomic E-state index is 11.8. The number of ether oxygens (including phenoxy) is 1. The van der Waals surface area contributed by atoms with E-state index in [9.17, 15) is 4.79 Å². The Morgan fingerprint density at radius 1 is 1.24 bits per heavy atom. The van der Waals surface area contributed by atoms with Crippen LogP contribution in [0.3, 0.4) is 0 Å². The topological polar surface area (TPSA) is 38.3 Å². The van der Waals surface area contributed by atoms with Crippen molar-refractivity contribution in [2.24, 2.45) is 0 Å². The van der Waals surface area contributed by atoms with Crippen molar-refractivity contribution in [2.75, 3.05) is 6.61 Å². The molecule has 1 fully saturated rings. The highest BCUT2D eigenvalue weighted by atomic mass is 35.5. The summed E-state index contributed by atoms with van der Waals surface area (Å²) < 4.78 is 5.56. The van der Waals surface area contributed by atoms with Crippen LogP contribution in [-0.4, -0.2) is 18.6 Å². The van der Waals surface area contributed by atoms with Crippen LogP contribution in [-0.2, 0) is 4.79 Å². The molecule has 0 bridgehead atoms. The Morgan fingerprint density at radius 3 is 2.71 bits per heavy atom. The summed E-state index contributed by atoms with van der Waals surface area (Å²) in [5.74, 6) is 0.724. The molecule has 0 unspecified atom stereocenters. The Kier molecular flexibility index (Phi) is 6.65. The van der Waals surface area contributed by atoms with Gasteiger partial charge in [-0.15, -0.1) is 0 Å². The van der Waals surface area contributed by atoms with Crippen LogP contribution in [0.2, 0.25) is 10.0 Å². The minimum Gasteiger partial charge on any atom is -0.492 e.